The average Bonchev–Trinajstić information content (AvgIpc) is 2.68. The molecule has 0 radical (unpaired) electrons. The highest BCUT2D eigenvalue weighted by molar-refractivity contribution is 7.92. The molecule has 0 spiro atoms. The number of unbranched alkanes of at least 4 members (excludes halogenated alkanes) is 1. The predicted molar refractivity (Wildman–Crippen MR) is 130 cm³/mol. The van der Waals surface area contributed by atoms with Crippen molar-refractivity contribution in [2.24, 2.45) is 9.81 Å². The number of amidine groups is 1. The molecule has 186 valence electrons. The highest BCUT2D eigenvalue weighted by atomic mass is 32.2. The van der Waals surface area contributed by atoms with Crippen LogP contribution in [0.4, 0.5) is 11.4 Å². The number of nitrogens with zero attached hydrogens (tertiary/aromatic N) is 2. The molecule has 1 aliphatic carbocycles. The van der Waals surface area contributed by atoms with E-state index in [2.05, 4.69) is 14.4 Å². The van der Waals surface area contributed by atoms with Gasteiger partial charge in [-0.2, -0.15) is 8.42 Å². The largest absolute Gasteiger partial charge is 0.511 e. The second-order valence-corrected chi connectivity index (χ2v) is 12.9. The minimum atomic E-state index is -4.27. The van der Waals surface area contributed by atoms with Gasteiger partial charge in [-0.25, -0.2) is 8.42 Å². The average molecular weight is 511 g/mol. The first-order valence-corrected chi connectivity index (χ1v) is 14.7. The zero-order valence-corrected chi connectivity index (χ0v) is 21.1. The Balaban J connectivity index is 1.78. The third-order valence-electron chi connectivity index (χ3n) is 6.66. The number of aliphatic hydroxyl groups is 1. The van der Waals surface area contributed by atoms with Crippen LogP contribution in [0.5, 0.6) is 0 Å². The number of amides is 1. The molecule has 1 aromatic carbocycles. The van der Waals surface area contributed by atoms with Crippen LogP contribution in [0.25, 0.3) is 0 Å². The van der Waals surface area contributed by atoms with Crippen molar-refractivity contribution in [1.29, 1.82) is 0 Å². The van der Waals surface area contributed by atoms with Crippen LogP contribution in [0.1, 0.15) is 52.4 Å². The lowest BCUT2D eigenvalue weighted by Crippen LogP contribution is -2.55. The lowest BCUT2D eigenvalue weighted by atomic mass is 9.75. The molecule has 1 unspecified atom stereocenters. The van der Waals surface area contributed by atoms with Crippen LogP contribution in [-0.2, 0) is 24.8 Å². The molecule has 2 aliphatic heterocycles. The molecule has 1 amide bonds. The van der Waals surface area contributed by atoms with Gasteiger partial charge in [0.05, 0.1) is 11.9 Å². The first-order chi connectivity index (χ1) is 15.8. The van der Waals surface area contributed by atoms with Crippen molar-refractivity contribution in [1.82, 2.24) is 4.90 Å². The van der Waals surface area contributed by atoms with E-state index in [1.807, 2.05) is 13.8 Å². The van der Waals surface area contributed by atoms with Gasteiger partial charge in [0.15, 0.2) is 5.84 Å². The van der Waals surface area contributed by atoms with E-state index < -0.39 is 31.4 Å². The van der Waals surface area contributed by atoms with Crippen LogP contribution < -0.4 is 10.0 Å². The molecule has 1 fully saturated rings. The van der Waals surface area contributed by atoms with Crippen LogP contribution in [0, 0.1) is 5.41 Å². The van der Waals surface area contributed by atoms with Gasteiger partial charge >= 0.3 is 0 Å². The second kappa shape index (κ2) is 8.56. The van der Waals surface area contributed by atoms with E-state index in [4.69, 9.17) is 0 Å². The van der Waals surface area contributed by atoms with Gasteiger partial charge in [0.2, 0.25) is 10.0 Å². The standard InChI is InChI=1S/C22H30N4O6S2/c1-4-5-11-22(2)13-26(15-7-6-8-15)21(28)18(19(22)27)20-23-16-10-9-14(24-33(3,29)30)12-17(16)34(31,32)25-20/h9-10,12,15,24,27H,4-8,11,13H2,1-3H3,(H,23,25). The minimum absolute atomic E-state index is 0.0641. The van der Waals surface area contributed by atoms with E-state index in [9.17, 15) is 26.7 Å². The Hall–Kier alpha value is -2.60. The maximum Gasteiger partial charge on any atom is 0.286 e. The summed E-state index contributed by atoms with van der Waals surface area (Å²) >= 11 is 0. The number of carbonyl (C=O) groups excluding carboxylic acids is 1. The van der Waals surface area contributed by atoms with Crippen molar-refractivity contribution < 1.29 is 26.7 Å². The molecule has 0 bridgehead atoms. The fraction of sp³-hybridized carbons (Fsp3) is 0.545. The van der Waals surface area contributed by atoms with Gasteiger partial charge in [-0.05, 0) is 43.9 Å². The number of aliphatic hydroxyl groups excluding tert-OH is 1. The Morgan fingerprint density at radius 3 is 2.62 bits per heavy atom. The van der Waals surface area contributed by atoms with Crippen LogP contribution in [0.2, 0.25) is 0 Å². The monoisotopic (exact) mass is 510 g/mol. The zero-order chi connectivity index (χ0) is 24.9. The van der Waals surface area contributed by atoms with Gasteiger partial charge in [-0.15, -0.1) is 4.40 Å². The van der Waals surface area contributed by atoms with Crippen LogP contribution in [-0.4, -0.2) is 57.4 Å². The lowest BCUT2D eigenvalue weighted by Gasteiger charge is -2.47. The summed E-state index contributed by atoms with van der Waals surface area (Å²) in [6.45, 7) is 4.32. The highest BCUT2D eigenvalue weighted by Gasteiger charge is 2.47. The minimum Gasteiger partial charge on any atom is -0.511 e. The van der Waals surface area contributed by atoms with E-state index in [0.717, 1.165) is 38.4 Å². The maximum absolute atomic E-state index is 13.5. The molecule has 12 heteroatoms. The number of hydrogen-bond donors (Lipinski definition) is 3. The van der Waals surface area contributed by atoms with Crippen molar-refractivity contribution in [3.8, 4) is 0 Å². The summed E-state index contributed by atoms with van der Waals surface area (Å²) in [4.78, 5) is 15.0. The maximum atomic E-state index is 13.5. The third-order valence-corrected chi connectivity index (χ3v) is 8.59. The number of benzene rings is 1. The number of hydrogen-bond acceptors (Lipinski definition) is 7. The van der Waals surface area contributed by atoms with Gasteiger partial charge in [0.25, 0.3) is 15.9 Å². The number of sulfonamides is 2. The fourth-order valence-electron chi connectivity index (χ4n) is 4.58. The van der Waals surface area contributed by atoms with Crippen molar-refractivity contribution in [2.45, 2.75) is 63.3 Å². The van der Waals surface area contributed by atoms with Gasteiger partial charge in [0, 0.05) is 23.7 Å². The van der Waals surface area contributed by atoms with Gasteiger partial charge in [-0.3, -0.25) is 9.52 Å². The third kappa shape index (κ3) is 4.52. The van der Waals surface area contributed by atoms with Crippen molar-refractivity contribution in [2.75, 3.05) is 22.8 Å². The Bertz CT molecular complexity index is 1300. The quantitative estimate of drug-likeness (QED) is 0.511. The topological polar surface area (TPSA) is 145 Å². The number of nitrogens with one attached hydrogen (secondary N) is 2. The molecule has 34 heavy (non-hydrogen) atoms. The molecule has 4 rings (SSSR count). The summed E-state index contributed by atoms with van der Waals surface area (Å²) < 4.78 is 55.2. The predicted octanol–water partition coefficient (Wildman–Crippen LogP) is 2.97. The van der Waals surface area contributed by atoms with E-state index in [1.165, 1.54) is 18.2 Å². The van der Waals surface area contributed by atoms with Crippen LogP contribution >= 0.6 is 0 Å². The second-order valence-electron chi connectivity index (χ2n) is 9.53. The van der Waals surface area contributed by atoms with Crippen molar-refractivity contribution in [3.05, 3.63) is 29.5 Å². The van der Waals surface area contributed by atoms with E-state index in [1.54, 1.807) is 4.90 Å². The lowest BCUT2D eigenvalue weighted by molar-refractivity contribution is -0.134. The van der Waals surface area contributed by atoms with Crippen molar-refractivity contribution >= 4 is 43.2 Å². The molecule has 10 nitrogen and oxygen atoms in total. The molecule has 1 aromatic rings. The number of anilines is 2. The van der Waals surface area contributed by atoms with Crippen molar-refractivity contribution in [3.63, 3.8) is 0 Å². The number of rotatable bonds is 7. The highest BCUT2D eigenvalue weighted by Crippen LogP contribution is 2.43. The molecule has 0 aromatic heterocycles. The smallest absolute Gasteiger partial charge is 0.286 e. The summed E-state index contributed by atoms with van der Waals surface area (Å²) in [6.07, 6.45) is 6.14. The molecule has 1 atom stereocenters. The molecular weight excluding hydrogens is 480 g/mol. The fourth-order valence-corrected chi connectivity index (χ4v) is 6.29. The summed E-state index contributed by atoms with van der Waals surface area (Å²) in [6, 6.07) is 4.05. The molecular formula is C22H30N4O6S2. The normalized spacial score (nSPS) is 24.7. The summed E-state index contributed by atoms with van der Waals surface area (Å²) in [5.74, 6) is -0.802. The van der Waals surface area contributed by atoms with Gasteiger partial charge in [0.1, 0.15) is 16.2 Å². The van der Waals surface area contributed by atoms with Crippen LogP contribution in [0.3, 0.4) is 0 Å². The molecule has 2 heterocycles. The molecule has 3 N–H and O–H groups in total. The number of carbonyl (C=O) groups is 1. The molecule has 1 saturated carbocycles. The first-order valence-electron chi connectivity index (χ1n) is 11.3. The van der Waals surface area contributed by atoms with E-state index in [-0.39, 0.29) is 39.5 Å². The zero-order valence-electron chi connectivity index (χ0n) is 19.5. The van der Waals surface area contributed by atoms with E-state index >= 15 is 0 Å². The molecule has 3 aliphatic rings. The number of fused-ring (bicyclic) bond motifs is 1. The van der Waals surface area contributed by atoms with E-state index in [0.29, 0.717) is 13.0 Å². The Labute approximate surface area is 200 Å². The van der Waals surface area contributed by atoms with Gasteiger partial charge in [-0.1, -0.05) is 26.7 Å². The Morgan fingerprint density at radius 1 is 1.32 bits per heavy atom. The first kappa shape index (κ1) is 24.5. The Kier molecular flexibility index (Phi) is 6.17. The summed E-state index contributed by atoms with van der Waals surface area (Å²) in [7, 11) is -7.88. The van der Waals surface area contributed by atoms with Gasteiger partial charge < -0.3 is 15.3 Å². The Morgan fingerprint density at radius 2 is 2.03 bits per heavy atom. The summed E-state index contributed by atoms with van der Waals surface area (Å²) in [5, 5.41) is 14.1. The van der Waals surface area contributed by atoms with Crippen LogP contribution in [0.15, 0.2) is 38.8 Å². The summed E-state index contributed by atoms with van der Waals surface area (Å²) in [5.41, 5.74) is -0.617. The molecule has 0 saturated heterocycles. The SMILES string of the molecule is CCCCC1(C)CN(C2CCC2)C(=O)C(C2=NS(=O)(=O)c3cc(NS(C)(=O)=O)ccc3N2)=C1O.